The molecule has 1 atom stereocenters. The number of hydrogen-bond acceptors (Lipinski definition) is 4. The van der Waals surface area contributed by atoms with Gasteiger partial charge in [0, 0.05) is 13.1 Å². The van der Waals surface area contributed by atoms with Crippen LogP contribution in [0.4, 0.5) is 0 Å². The van der Waals surface area contributed by atoms with Gasteiger partial charge in [0.05, 0.1) is 19.0 Å². The number of likely N-dealkylation sites (N-methyl/N-ethyl adjacent to an activating group) is 1. The Hall–Kier alpha value is -1.63. The van der Waals surface area contributed by atoms with Gasteiger partial charge in [-0.2, -0.15) is 0 Å². The molecule has 2 amide bonds. The molecule has 7 nitrogen and oxygen atoms in total. The van der Waals surface area contributed by atoms with Crippen LogP contribution in [0.3, 0.4) is 0 Å². The lowest BCUT2D eigenvalue weighted by Gasteiger charge is -2.19. The van der Waals surface area contributed by atoms with Crippen molar-refractivity contribution < 1.29 is 19.5 Å². The zero-order valence-electron chi connectivity index (χ0n) is 10.1. The lowest BCUT2D eigenvalue weighted by molar-refractivity contribution is -0.139. The maximum Gasteiger partial charge on any atom is 0.305 e. The van der Waals surface area contributed by atoms with Crippen LogP contribution in [0, 0.1) is 0 Å². The number of amides is 2. The second kappa shape index (κ2) is 7.61. The Labute approximate surface area is 100.0 Å². The molecule has 0 fully saturated rings. The molecule has 0 saturated carbocycles. The number of carbonyl (C=O) groups is 3. The zero-order chi connectivity index (χ0) is 13.4. The molecule has 0 bridgehead atoms. The van der Waals surface area contributed by atoms with Gasteiger partial charge in [0.2, 0.25) is 11.8 Å². The molecule has 0 aliphatic carbocycles. The van der Waals surface area contributed by atoms with E-state index in [1.165, 1.54) is 0 Å². The van der Waals surface area contributed by atoms with Crippen LogP contribution in [0.25, 0.3) is 0 Å². The summed E-state index contributed by atoms with van der Waals surface area (Å²) in [6.07, 6.45) is -0.453. The van der Waals surface area contributed by atoms with Crippen molar-refractivity contribution in [1.29, 1.82) is 0 Å². The number of aliphatic carboxylic acids is 1. The number of hydrogen-bond donors (Lipinski definition) is 3. The molecule has 0 saturated heterocycles. The van der Waals surface area contributed by atoms with Crippen molar-refractivity contribution in [1.82, 2.24) is 10.2 Å². The number of carboxylic acids is 1. The van der Waals surface area contributed by atoms with E-state index in [1.54, 1.807) is 4.90 Å². The van der Waals surface area contributed by atoms with Crippen molar-refractivity contribution in [3.8, 4) is 0 Å². The fraction of sp³-hybridized carbons (Fsp3) is 0.700. The molecule has 98 valence electrons. The first kappa shape index (κ1) is 15.4. The molecular weight excluding hydrogens is 226 g/mol. The molecule has 0 rings (SSSR count). The topological polar surface area (TPSA) is 113 Å². The third-order valence-electron chi connectivity index (χ3n) is 2.26. The molecule has 0 spiro atoms. The summed E-state index contributed by atoms with van der Waals surface area (Å²) in [5, 5.41) is 10.8. The molecular formula is C10H19N3O4. The minimum atomic E-state index is -1.15. The molecule has 0 aliphatic rings. The molecule has 0 aromatic heterocycles. The van der Waals surface area contributed by atoms with Gasteiger partial charge in [-0.25, -0.2) is 0 Å². The van der Waals surface area contributed by atoms with Crippen LogP contribution in [-0.2, 0) is 14.4 Å². The number of carboxylic acid groups (broad SMARTS) is 1. The summed E-state index contributed by atoms with van der Waals surface area (Å²) < 4.78 is 0. The monoisotopic (exact) mass is 245 g/mol. The van der Waals surface area contributed by atoms with Crippen molar-refractivity contribution >= 4 is 17.8 Å². The van der Waals surface area contributed by atoms with Gasteiger partial charge in [-0.05, 0) is 13.8 Å². The highest BCUT2D eigenvalue weighted by Gasteiger charge is 2.18. The molecule has 7 heteroatoms. The quantitative estimate of drug-likeness (QED) is 0.520. The average molecular weight is 245 g/mol. The van der Waals surface area contributed by atoms with Crippen LogP contribution >= 0.6 is 0 Å². The largest absolute Gasteiger partial charge is 0.481 e. The van der Waals surface area contributed by atoms with Gasteiger partial charge < -0.3 is 21.1 Å². The molecule has 1 unspecified atom stereocenters. The Kier molecular flexibility index (Phi) is 6.88. The van der Waals surface area contributed by atoms with Crippen LogP contribution < -0.4 is 11.1 Å². The van der Waals surface area contributed by atoms with E-state index in [0.29, 0.717) is 13.1 Å². The van der Waals surface area contributed by atoms with E-state index in [1.807, 2.05) is 13.8 Å². The third kappa shape index (κ3) is 5.86. The Bertz CT molecular complexity index is 289. The maximum absolute atomic E-state index is 11.5. The Morgan fingerprint density at radius 2 is 1.82 bits per heavy atom. The summed E-state index contributed by atoms with van der Waals surface area (Å²) in [6.45, 7) is 4.63. The fourth-order valence-corrected chi connectivity index (χ4v) is 1.26. The van der Waals surface area contributed by atoms with E-state index in [4.69, 9.17) is 10.8 Å². The average Bonchev–Trinajstić information content (AvgIpc) is 2.26. The Morgan fingerprint density at radius 1 is 1.29 bits per heavy atom. The number of nitrogens with zero attached hydrogens (tertiary/aromatic N) is 1. The number of nitrogens with one attached hydrogen (secondary N) is 1. The fourth-order valence-electron chi connectivity index (χ4n) is 1.26. The van der Waals surface area contributed by atoms with Gasteiger partial charge in [0.15, 0.2) is 0 Å². The van der Waals surface area contributed by atoms with Crippen LogP contribution in [0.15, 0.2) is 0 Å². The van der Waals surface area contributed by atoms with E-state index < -0.39 is 24.3 Å². The van der Waals surface area contributed by atoms with Crippen LogP contribution in [0.2, 0.25) is 0 Å². The second-order valence-corrected chi connectivity index (χ2v) is 3.49. The molecule has 0 aromatic carbocycles. The highest BCUT2D eigenvalue weighted by molar-refractivity contribution is 5.89. The molecule has 0 radical (unpaired) electrons. The van der Waals surface area contributed by atoms with E-state index in [2.05, 4.69) is 5.32 Å². The number of nitrogens with two attached hydrogens (primary N) is 1. The lowest BCUT2D eigenvalue weighted by Crippen LogP contribution is -2.46. The minimum Gasteiger partial charge on any atom is -0.481 e. The van der Waals surface area contributed by atoms with Crippen LogP contribution in [0.1, 0.15) is 20.3 Å². The number of carbonyl (C=O) groups excluding carboxylic acids is 2. The van der Waals surface area contributed by atoms with Crippen molar-refractivity contribution in [3.63, 3.8) is 0 Å². The summed E-state index contributed by atoms with van der Waals surface area (Å²) in [5.74, 6) is -2.00. The van der Waals surface area contributed by atoms with Gasteiger partial charge in [0.25, 0.3) is 0 Å². The molecule has 0 aliphatic heterocycles. The summed E-state index contributed by atoms with van der Waals surface area (Å²) >= 11 is 0. The summed E-state index contributed by atoms with van der Waals surface area (Å²) in [6, 6.07) is -1.13. The van der Waals surface area contributed by atoms with Crippen molar-refractivity contribution in [2.75, 3.05) is 19.6 Å². The van der Waals surface area contributed by atoms with E-state index >= 15 is 0 Å². The van der Waals surface area contributed by atoms with Gasteiger partial charge in [-0.15, -0.1) is 0 Å². The molecule has 4 N–H and O–H groups in total. The first-order chi connectivity index (χ1) is 7.92. The van der Waals surface area contributed by atoms with E-state index in [0.717, 1.165) is 0 Å². The normalized spacial score (nSPS) is 11.7. The third-order valence-corrected chi connectivity index (χ3v) is 2.26. The summed E-state index contributed by atoms with van der Waals surface area (Å²) in [5.41, 5.74) is 5.33. The van der Waals surface area contributed by atoms with Gasteiger partial charge in [0.1, 0.15) is 0 Å². The van der Waals surface area contributed by atoms with E-state index in [-0.39, 0.29) is 12.5 Å². The zero-order valence-corrected chi connectivity index (χ0v) is 10.1. The van der Waals surface area contributed by atoms with Crippen molar-refractivity contribution in [2.45, 2.75) is 26.3 Å². The molecule has 17 heavy (non-hydrogen) atoms. The predicted octanol–water partition coefficient (Wildman–Crippen LogP) is -1.23. The van der Waals surface area contributed by atoms with Gasteiger partial charge >= 0.3 is 5.97 Å². The Balaban J connectivity index is 4.06. The van der Waals surface area contributed by atoms with Crippen LogP contribution in [0.5, 0.6) is 0 Å². The SMILES string of the molecule is CCN(CC)C(=O)CNC(=O)C(N)CC(=O)O. The smallest absolute Gasteiger partial charge is 0.305 e. The second-order valence-electron chi connectivity index (χ2n) is 3.49. The lowest BCUT2D eigenvalue weighted by atomic mass is 10.2. The molecule has 0 heterocycles. The Morgan fingerprint density at radius 3 is 2.24 bits per heavy atom. The first-order valence-electron chi connectivity index (χ1n) is 5.45. The van der Waals surface area contributed by atoms with Gasteiger partial charge in [-0.1, -0.05) is 0 Å². The van der Waals surface area contributed by atoms with E-state index in [9.17, 15) is 14.4 Å². The first-order valence-corrected chi connectivity index (χ1v) is 5.45. The van der Waals surface area contributed by atoms with Crippen molar-refractivity contribution in [3.05, 3.63) is 0 Å². The number of rotatable bonds is 7. The summed E-state index contributed by atoms with van der Waals surface area (Å²) in [4.78, 5) is 34.7. The maximum atomic E-state index is 11.5. The minimum absolute atomic E-state index is 0.159. The highest BCUT2D eigenvalue weighted by Crippen LogP contribution is 1.90. The molecule has 0 aromatic rings. The van der Waals surface area contributed by atoms with Gasteiger partial charge in [-0.3, -0.25) is 14.4 Å². The predicted molar refractivity (Wildman–Crippen MR) is 61.2 cm³/mol. The van der Waals surface area contributed by atoms with Crippen LogP contribution in [-0.4, -0.2) is 53.5 Å². The highest BCUT2D eigenvalue weighted by atomic mass is 16.4. The summed E-state index contributed by atoms with van der Waals surface area (Å²) in [7, 11) is 0. The standard InChI is InChI=1S/C10H19N3O4/c1-3-13(4-2)8(14)6-12-10(17)7(11)5-9(15)16/h7H,3-6,11H2,1-2H3,(H,12,17)(H,15,16). The van der Waals surface area contributed by atoms with Crippen molar-refractivity contribution in [2.24, 2.45) is 5.73 Å².